The maximum absolute atomic E-state index is 13.7. The standard InChI is InChI=1S/C32H30N4O2/c37-30-18-22(21-36(30)23-8-2-1-3-9-23)31(38)35-16-14-32(15-17-35,26-19-33-28-12-6-4-10-24(26)28)27-20-34-29-13-7-5-11-25(27)29/h1-13,19-20,22,33-34H,14-18,21H2/t22-/m0/s1. The van der Waals surface area contributed by atoms with Gasteiger partial charge in [0.15, 0.2) is 0 Å². The van der Waals surface area contributed by atoms with Gasteiger partial charge in [-0.25, -0.2) is 0 Å². The molecule has 2 amide bonds. The second-order valence-electron chi connectivity index (χ2n) is 10.6. The van der Waals surface area contributed by atoms with Gasteiger partial charge in [0, 0.05) is 71.4 Å². The highest BCUT2D eigenvalue weighted by molar-refractivity contribution is 6.00. The van der Waals surface area contributed by atoms with Gasteiger partial charge in [-0.3, -0.25) is 9.59 Å². The van der Waals surface area contributed by atoms with Crippen molar-refractivity contribution >= 4 is 39.3 Å². The number of fused-ring (bicyclic) bond motifs is 2. The number of para-hydroxylation sites is 3. The highest BCUT2D eigenvalue weighted by Crippen LogP contribution is 2.47. The number of piperidine rings is 1. The van der Waals surface area contributed by atoms with E-state index in [9.17, 15) is 9.59 Å². The molecule has 1 atom stereocenters. The van der Waals surface area contributed by atoms with Crippen LogP contribution in [-0.4, -0.2) is 46.3 Å². The molecular weight excluding hydrogens is 472 g/mol. The second kappa shape index (κ2) is 8.91. The SMILES string of the molecule is O=C([C@H]1CC(=O)N(c2ccccc2)C1)N1CCC(c2c[nH]c3ccccc23)(c2c[nH]c3ccccc23)CC1. The maximum atomic E-state index is 13.7. The Morgan fingerprint density at radius 2 is 1.32 bits per heavy atom. The van der Waals surface area contributed by atoms with Gasteiger partial charge in [-0.05, 0) is 48.2 Å². The van der Waals surface area contributed by atoms with Gasteiger partial charge in [-0.15, -0.1) is 0 Å². The van der Waals surface area contributed by atoms with Crippen LogP contribution in [0.1, 0.15) is 30.4 Å². The summed E-state index contributed by atoms with van der Waals surface area (Å²) in [5.74, 6) is -0.168. The number of aromatic nitrogens is 2. The quantitative estimate of drug-likeness (QED) is 0.335. The second-order valence-corrected chi connectivity index (χ2v) is 10.6. The molecule has 2 fully saturated rings. The predicted octanol–water partition coefficient (Wildman–Crippen LogP) is 5.61. The molecule has 7 rings (SSSR count). The number of amides is 2. The van der Waals surface area contributed by atoms with Crippen molar-refractivity contribution in [3.63, 3.8) is 0 Å². The molecule has 2 saturated heterocycles. The van der Waals surface area contributed by atoms with Gasteiger partial charge in [-0.2, -0.15) is 0 Å². The zero-order chi connectivity index (χ0) is 25.7. The lowest BCUT2D eigenvalue weighted by Gasteiger charge is -2.43. The average molecular weight is 503 g/mol. The highest BCUT2D eigenvalue weighted by Gasteiger charge is 2.44. The molecule has 190 valence electrons. The van der Waals surface area contributed by atoms with Crippen LogP contribution in [0.25, 0.3) is 21.8 Å². The van der Waals surface area contributed by atoms with Gasteiger partial charge in [0.2, 0.25) is 11.8 Å². The maximum Gasteiger partial charge on any atom is 0.228 e. The molecule has 38 heavy (non-hydrogen) atoms. The lowest BCUT2D eigenvalue weighted by atomic mass is 9.67. The van der Waals surface area contributed by atoms with Crippen LogP contribution in [0, 0.1) is 5.92 Å². The number of nitrogens with one attached hydrogen (secondary N) is 2. The lowest BCUT2D eigenvalue weighted by molar-refractivity contribution is -0.137. The Balaban J connectivity index is 1.19. The van der Waals surface area contributed by atoms with Crippen molar-refractivity contribution in [1.82, 2.24) is 14.9 Å². The van der Waals surface area contributed by atoms with E-state index in [-0.39, 0.29) is 29.6 Å². The number of hydrogen-bond acceptors (Lipinski definition) is 2. The Bertz CT molecular complexity index is 1570. The summed E-state index contributed by atoms with van der Waals surface area (Å²) in [6.07, 6.45) is 6.26. The minimum Gasteiger partial charge on any atom is -0.361 e. The monoisotopic (exact) mass is 502 g/mol. The van der Waals surface area contributed by atoms with Crippen LogP contribution < -0.4 is 4.90 Å². The Hall–Kier alpha value is -4.32. The van der Waals surface area contributed by atoms with Crippen molar-refractivity contribution < 1.29 is 9.59 Å². The fraction of sp³-hybridized carbons (Fsp3) is 0.250. The molecule has 3 aromatic carbocycles. The zero-order valence-corrected chi connectivity index (χ0v) is 21.2. The van der Waals surface area contributed by atoms with Crippen LogP contribution in [0.5, 0.6) is 0 Å². The Kier molecular flexibility index (Phi) is 5.36. The molecule has 2 N–H and O–H groups in total. The molecule has 0 saturated carbocycles. The van der Waals surface area contributed by atoms with E-state index in [0.29, 0.717) is 19.6 Å². The van der Waals surface area contributed by atoms with Crippen LogP contribution in [0.3, 0.4) is 0 Å². The Morgan fingerprint density at radius 3 is 1.92 bits per heavy atom. The molecule has 5 aromatic rings. The topological polar surface area (TPSA) is 72.2 Å². The number of anilines is 1. The fourth-order valence-electron chi connectivity index (χ4n) is 6.72. The van der Waals surface area contributed by atoms with Crippen molar-refractivity contribution in [3.05, 3.63) is 102 Å². The molecule has 6 heteroatoms. The van der Waals surface area contributed by atoms with E-state index in [4.69, 9.17) is 0 Å². The van der Waals surface area contributed by atoms with Crippen molar-refractivity contribution in [2.75, 3.05) is 24.5 Å². The molecule has 0 aliphatic carbocycles. The van der Waals surface area contributed by atoms with Gasteiger partial charge in [0.1, 0.15) is 0 Å². The molecule has 0 bridgehead atoms. The summed E-state index contributed by atoms with van der Waals surface area (Å²) in [5, 5.41) is 2.47. The van der Waals surface area contributed by atoms with Gasteiger partial charge in [0.05, 0.1) is 5.92 Å². The highest BCUT2D eigenvalue weighted by atomic mass is 16.2. The number of nitrogens with zero attached hydrogens (tertiary/aromatic N) is 2. The molecule has 6 nitrogen and oxygen atoms in total. The summed E-state index contributed by atoms with van der Waals surface area (Å²) in [4.78, 5) is 37.2. The summed E-state index contributed by atoms with van der Waals surface area (Å²) >= 11 is 0. The summed E-state index contributed by atoms with van der Waals surface area (Å²) in [5.41, 5.74) is 5.48. The van der Waals surface area contributed by atoms with E-state index in [0.717, 1.165) is 29.6 Å². The summed E-state index contributed by atoms with van der Waals surface area (Å²) in [7, 11) is 0. The number of aromatic amines is 2. The van der Waals surface area contributed by atoms with Crippen LogP contribution in [0.4, 0.5) is 5.69 Å². The van der Waals surface area contributed by atoms with Gasteiger partial charge < -0.3 is 19.8 Å². The zero-order valence-electron chi connectivity index (χ0n) is 21.2. The molecule has 2 aliphatic heterocycles. The summed E-state index contributed by atoms with van der Waals surface area (Å²) < 4.78 is 0. The van der Waals surface area contributed by atoms with E-state index in [1.54, 1.807) is 4.90 Å². The minimum absolute atomic E-state index is 0.0264. The molecule has 4 heterocycles. The Morgan fingerprint density at radius 1 is 0.763 bits per heavy atom. The Labute approximate surface area is 221 Å². The molecule has 0 spiro atoms. The molecule has 0 unspecified atom stereocenters. The van der Waals surface area contributed by atoms with Crippen molar-refractivity contribution in [2.24, 2.45) is 5.92 Å². The van der Waals surface area contributed by atoms with Crippen molar-refractivity contribution in [1.29, 1.82) is 0 Å². The predicted molar refractivity (Wildman–Crippen MR) is 150 cm³/mol. The molecular formula is C32H30N4O2. The first-order valence-electron chi connectivity index (χ1n) is 13.4. The van der Waals surface area contributed by atoms with Crippen LogP contribution >= 0.6 is 0 Å². The fourth-order valence-corrected chi connectivity index (χ4v) is 6.72. The lowest BCUT2D eigenvalue weighted by Crippen LogP contribution is -2.47. The molecule has 2 aliphatic rings. The number of carbonyl (C=O) groups is 2. The number of H-pyrrole nitrogens is 2. The molecule has 2 aromatic heterocycles. The first-order valence-corrected chi connectivity index (χ1v) is 13.4. The van der Waals surface area contributed by atoms with E-state index in [2.05, 4.69) is 70.9 Å². The third-order valence-corrected chi connectivity index (χ3v) is 8.68. The number of carbonyl (C=O) groups excluding carboxylic acids is 2. The smallest absolute Gasteiger partial charge is 0.228 e. The normalized spacial score (nSPS) is 19.5. The minimum atomic E-state index is -0.295. The number of hydrogen-bond donors (Lipinski definition) is 2. The number of likely N-dealkylation sites (tertiary alicyclic amines) is 1. The van der Waals surface area contributed by atoms with Gasteiger partial charge in [0.25, 0.3) is 0 Å². The third kappa shape index (κ3) is 3.55. The van der Waals surface area contributed by atoms with Crippen LogP contribution in [0.2, 0.25) is 0 Å². The van der Waals surface area contributed by atoms with Crippen molar-refractivity contribution in [3.8, 4) is 0 Å². The third-order valence-electron chi connectivity index (χ3n) is 8.68. The van der Waals surface area contributed by atoms with Crippen LogP contribution in [0.15, 0.2) is 91.3 Å². The van der Waals surface area contributed by atoms with E-state index >= 15 is 0 Å². The van der Waals surface area contributed by atoms with E-state index < -0.39 is 0 Å². The summed E-state index contributed by atoms with van der Waals surface area (Å²) in [6, 6.07) is 26.6. The van der Waals surface area contributed by atoms with E-state index in [1.807, 2.05) is 35.2 Å². The van der Waals surface area contributed by atoms with Gasteiger partial charge >= 0.3 is 0 Å². The van der Waals surface area contributed by atoms with E-state index in [1.165, 1.54) is 21.9 Å². The largest absolute Gasteiger partial charge is 0.361 e. The molecule has 0 radical (unpaired) electrons. The number of benzene rings is 3. The van der Waals surface area contributed by atoms with Crippen LogP contribution in [-0.2, 0) is 15.0 Å². The average Bonchev–Trinajstić information content (AvgIpc) is 3.70. The summed E-state index contributed by atoms with van der Waals surface area (Å²) in [6.45, 7) is 1.77. The first kappa shape index (κ1) is 22.8. The van der Waals surface area contributed by atoms with Crippen molar-refractivity contribution in [2.45, 2.75) is 24.7 Å². The number of rotatable bonds is 4. The first-order chi connectivity index (χ1) is 18.6. The van der Waals surface area contributed by atoms with Gasteiger partial charge in [-0.1, -0.05) is 54.6 Å².